The topological polar surface area (TPSA) is 17.1 Å². The first-order valence-electron chi connectivity index (χ1n) is 3.55. The van der Waals surface area contributed by atoms with Crippen LogP contribution in [0.4, 0.5) is 0 Å². The maximum absolute atomic E-state index is 10.6. The van der Waals surface area contributed by atoms with Crippen molar-refractivity contribution >= 4 is 55.2 Å². The first-order chi connectivity index (χ1) is 6.22. The molecule has 2 aromatic rings. The fourth-order valence-corrected chi connectivity index (χ4v) is 3.13. The van der Waals surface area contributed by atoms with E-state index in [9.17, 15) is 4.79 Å². The summed E-state index contributed by atoms with van der Waals surface area (Å²) >= 11 is 10.6. The molecule has 66 valence electrons. The molecule has 0 atom stereocenters. The molecule has 0 saturated carbocycles. The molecule has 1 nitrogen and oxygen atoms in total. The van der Waals surface area contributed by atoms with Gasteiger partial charge in [0.15, 0.2) is 6.29 Å². The van der Waals surface area contributed by atoms with Crippen LogP contribution in [-0.4, -0.2) is 6.29 Å². The van der Waals surface area contributed by atoms with Crippen molar-refractivity contribution < 1.29 is 4.79 Å². The number of carbonyl (C=O) groups is 1. The van der Waals surface area contributed by atoms with E-state index in [1.807, 2.05) is 18.2 Å². The zero-order chi connectivity index (χ0) is 9.42. The first kappa shape index (κ1) is 9.19. The van der Waals surface area contributed by atoms with Gasteiger partial charge >= 0.3 is 0 Å². The Balaban J connectivity index is 2.83. The molecule has 1 heterocycles. The average molecular weight is 276 g/mol. The van der Waals surface area contributed by atoms with Crippen LogP contribution in [-0.2, 0) is 0 Å². The molecule has 0 bridgehead atoms. The van der Waals surface area contributed by atoms with Gasteiger partial charge in [-0.25, -0.2) is 0 Å². The lowest BCUT2D eigenvalue weighted by Crippen LogP contribution is -1.69. The summed E-state index contributed by atoms with van der Waals surface area (Å²) in [6.07, 6.45) is 0.850. The number of hydrogen-bond donors (Lipinski definition) is 0. The van der Waals surface area contributed by atoms with Crippen LogP contribution in [0.1, 0.15) is 9.67 Å². The van der Waals surface area contributed by atoms with Crippen LogP contribution in [0.2, 0.25) is 5.02 Å². The van der Waals surface area contributed by atoms with Crippen LogP contribution < -0.4 is 0 Å². The van der Waals surface area contributed by atoms with Crippen molar-refractivity contribution in [3.63, 3.8) is 0 Å². The number of aldehydes is 1. The molecular formula is C9H4BrClOS. The smallest absolute Gasteiger partial charge is 0.161 e. The van der Waals surface area contributed by atoms with Gasteiger partial charge in [0, 0.05) is 19.6 Å². The molecule has 0 aliphatic heterocycles. The Morgan fingerprint density at radius 2 is 2.23 bits per heavy atom. The van der Waals surface area contributed by atoms with Crippen LogP contribution in [0.15, 0.2) is 22.7 Å². The van der Waals surface area contributed by atoms with Crippen molar-refractivity contribution in [2.24, 2.45) is 0 Å². The second-order valence-corrected chi connectivity index (χ2v) is 4.85. The molecule has 0 amide bonds. The molecule has 4 heteroatoms. The van der Waals surface area contributed by atoms with Gasteiger partial charge in [-0.05, 0) is 28.1 Å². The highest BCUT2D eigenvalue weighted by Crippen LogP contribution is 2.35. The van der Waals surface area contributed by atoms with Crippen molar-refractivity contribution in [2.75, 3.05) is 0 Å². The van der Waals surface area contributed by atoms with Gasteiger partial charge in [-0.3, -0.25) is 4.79 Å². The highest BCUT2D eigenvalue weighted by Gasteiger charge is 2.08. The van der Waals surface area contributed by atoms with Crippen LogP contribution >= 0.6 is 38.9 Å². The molecule has 0 unspecified atom stereocenters. The molecular weight excluding hydrogens is 272 g/mol. The fourth-order valence-electron chi connectivity index (χ4n) is 1.13. The third kappa shape index (κ3) is 1.52. The molecule has 2 rings (SSSR count). The lowest BCUT2D eigenvalue weighted by atomic mass is 10.2. The first-order valence-corrected chi connectivity index (χ1v) is 5.54. The molecule has 0 N–H and O–H groups in total. The minimum Gasteiger partial charge on any atom is -0.297 e. The Bertz CT molecular complexity index is 478. The van der Waals surface area contributed by atoms with E-state index >= 15 is 0 Å². The van der Waals surface area contributed by atoms with Gasteiger partial charge in [0.05, 0.1) is 4.88 Å². The molecule has 0 saturated heterocycles. The third-order valence-electron chi connectivity index (χ3n) is 1.72. The Labute approximate surface area is 92.5 Å². The van der Waals surface area contributed by atoms with E-state index in [-0.39, 0.29) is 0 Å². The van der Waals surface area contributed by atoms with E-state index in [1.54, 1.807) is 0 Å². The lowest BCUT2D eigenvalue weighted by Gasteiger charge is -1.90. The summed E-state index contributed by atoms with van der Waals surface area (Å²) in [5.74, 6) is 0. The SMILES string of the molecule is O=Cc1sc2cc(Cl)ccc2c1Br. The second-order valence-electron chi connectivity index (χ2n) is 2.54. The van der Waals surface area contributed by atoms with Crippen molar-refractivity contribution in [3.8, 4) is 0 Å². The Morgan fingerprint density at radius 3 is 2.92 bits per heavy atom. The average Bonchev–Trinajstić information content (AvgIpc) is 2.42. The minimum absolute atomic E-state index is 0.693. The molecule has 0 spiro atoms. The number of benzene rings is 1. The van der Waals surface area contributed by atoms with Gasteiger partial charge < -0.3 is 0 Å². The predicted octanol–water partition coefficient (Wildman–Crippen LogP) is 4.13. The number of thiophene rings is 1. The Morgan fingerprint density at radius 1 is 1.46 bits per heavy atom. The summed E-state index contributed by atoms with van der Waals surface area (Å²) in [6, 6.07) is 5.58. The van der Waals surface area contributed by atoms with E-state index in [4.69, 9.17) is 11.6 Å². The normalized spacial score (nSPS) is 10.6. The lowest BCUT2D eigenvalue weighted by molar-refractivity contribution is 0.112. The van der Waals surface area contributed by atoms with Gasteiger partial charge in [-0.15, -0.1) is 11.3 Å². The summed E-state index contributed by atoms with van der Waals surface area (Å²) < 4.78 is 1.89. The van der Waals surface area contributed by atoms with Crippen LogP contribution in [0, 0.1) is 0 Å². The molecule has 0 aliphatic rings. The third-order valence-corrected chi connectivity index (χ3v) is 4.15. The second kappa shape index (κ2) is 3.40. The van der Waals surface area contributed by atoms with Gasteiger partial charge in [0.1, 0.15) is 0 Å². The minimum atomic E-state index is 0.693. The van der Waals surface area contributed by atoms with E-state index < -0.39 is 0 Å². The largest absolute Gasteiger partial charge is 0.297 e. The zero-order valence-corrected chi connectivity index (χ0v) is 9.54. The highest BCUT2D eigenvalue weighted by atomic mass is 79.9. The van der Waals surface area contributed by atoms with E-state index in [0.717, 1.165) is 20.8 Å². The predicted molar refractivity (Wildman–Crippen MR) is 59.9 cm³/mol. The van der Waals surface area contributed by atoms with Gasteiger partial charge in [0.25, 0.3) is 0 Å². The summed E-state index contributed by atoms with van der Waals surface area (Å²) in [4.78, 5) is 11.3. The van der Waals surface area contributed by atoms with Gasteiger partial charge in [-0.1, -0.05) is 17.7 Å². The van der Waals surface area contributed by atoms with Crippen molar-refractivity contribution in [3.05, 3.63) is 32.6 Å². The standard InChI is InChI=1S/C9H4BrClOS/c10-9-6-2-1-5(11)3-7(6)13-8(9)4-12/h1-4H. The Hall–Kier alpha value is -0.380. The van der Waals surface area contributed by atoms with Crippen LogP contribution in [0.25, 0.3) is 10.1 Å². The highest BCUT2D eigenvalue weighted by molar-refractivity contribution is 9.10. The van der Waals surface area contributed by atoms with Crippen molar-refractivity contribution in [2.45, 2.75) is 0 Å². The van der Waals surface area contributed by atoms with E-state index in [2.05, 4.69) is 15.9 Å². The van der Waals surface area contributed by atoms with E-state index in [1.165, 1.54) is 11.3 Å². The number of hydrogen-bond acceptors (Lipinski definition) is 2. The molecule has 1 aromatic carbocycles. The number of carbonyl (C=O) groups excluding carboxylic acids is 1. The summed E-state index contributed by atoms with van der Waals surface area (Å²) in [5, 5.41) is 1.73. The summed E-state index contributed by atoms with van der Waals surface area (Å²) in [6.45, 7) is 0. The number of rotatable bonds is 1. The van der Waals surface area contributed by atoms with Crippen molar-refractivity contribution in [1.82, 2.24) is 0 Å². The summed E-state index contributed by atoms with van der Waals surface area (Å²) in [7, 11) is 0. The van der Waals surface area contributed by atoms with Crippen LogP contribution in [0.5, 0.6) is 0 Å². The molecule has 13 heavy (non-hydrogen) atoms. The molecule has 0 fully saturated rings. The molecule has 1 aromatic heterocycles. The van der Waals surface area contributed by atoms with E-state index in [0.29, 0.717) is 9.90 Å². The number of halogens is 2. The number of fused-ring (bicyclic) bond motifs is 1. The fraction of sp³-hybridized carbons (Fsp3) is 0. The summed E-state index contributed by atoms with van der Waals surface area (Å²) in [5.41, 5.74) is 0. The maximum atomic E-state index is 10.6. The quantitative estimate of drug-likeness (QED) is 0.715. The zero-order valence-electron chi connectivity index (χ0n) is 6.38. The van der Waals surface area contributed by atoms with Crippen LogP contribution in [0.3, 0.4) is 0 Å². The Kier molecular flexibility index (Phi) is 2.41. The molecule has 0 radical (unpaired) electrons. The maximum Gasteiger partial charge on any atom is 0.161 e. The van der Waals surface area contributed by atoms with Gasteiger partial charge in [-0.2, -0.15) is 0 Å². The molecule has 0 aliphatic carbocycles. The van der Waals surface area contributed by atoms with Crippen molar-refractivity contribution in [1.29, 1.82) is 0 Å². The monoisotopic (exact) mass is 274 g/mol. The van der Waals surface area contributed by atoms with Gasteiger partial charge in [0.2, 0.25) is 0 Å².